The fourth-order valence-electron chi connectivity index (χ4n) is 9.37. The van der Waals surface area contributed by atoms with E-state index in [4.69, 9.17) is 163 Å². The van der Waals surface area contributed by atoms with Crippen molar-refractivity contribution in [2.24, 2.45) is 16.7 Å². The average molecular weight is 1490 g/mol. The van der Waals surface area contributed by atoms with Crippen LogP contribution in [0.4, 0.5) is 0 Å². The highest BCUT2D eigenvalue weighted by Gasteiger charge is 2.43. The molecule has 0 aromatic heterocycles. The molecule has 15 saturated heterocycles. The summed E-state index contributed by atoms with van der Waals surface area (Å²) in [5.41, 5.74) is -0.104. The highest BCUT2D eigenvalue weighted by atomic mass is 16.8. The van der Waals surface area contributed by atoms with Crippen molar-refractivity contribution in [2.45, 2.75) is 168 Å². The third kappa shape index (κ3) is 51.7. The van der Waals surface area contributed by atoms with Gasteiger partial charge in [0.2, 0.25) is 0 Å². The molecule has 0 radical (unpaired) electrons. The topological polar surface area (TPSA) is 372 Å². The van der Waals surface area contributed by atoms with E-state index < -0.39 is 0 Å². The molecule has 598 valence electrons. The molecule has 0 aromatic carbocycles. The van der Waals surface area contributed by atoms with E-state index in [-0.39, 0.29) is 54.7 Å². The van der Waals surface area contributed by atoms with Gasteiger partial charge >= 0.3 is 0 Å². The maximum atomic E-state index is 8.24. The van der Waals surface area contributed by atoms with E-state index in [9.17, 15) is 0 Å². The molecular weight excluding hydrogens is 1360 g/mol. The van der Waals surface area contributed by atoms with Crippen molar-refractivity contribution in [3.8, 4) is 24.3 Å². The van der Waals surface area contributed by atoms with Crippen LogP contribution in [0.25, 0.3) is 0 Å². The zero-order chi connectivity index (χ0) is 74.0. The Hall–Kier alpha value is -3.24. The van der Waals surface area contributed by atoms with Gasteiger partial charge in [0.25, 0.3) is 0 Å². The average Bonchev–Trinajstić information content (AvgIpc) is 1.79. The van der Waals surface area contributed by atoms with Crippen molar-refractivity contribution >= 4 is 0 Å². The minimum atomic E-state index is -0.260. The lowest BCUT2D eigenvalue weighted by Gasteiger charge is -2.43. The highest BCUT2D eigenvalue weighted by molar-refractivity contribution is 4.88. The molecule has 0 aliphatic carbocycles. The number of rotatable bonds is 6. The fraction of sp³-hybridized carbons (Fsp3) is 0.942. The Morgan fingerprint density at radius 3 is 0.913 bits per heavy atom. The van der Waals surface area contributed by atoms with Crippen LogP contribution in [-0.4, -0.2) is 296 Å². The molecule has 15 fully saturated rings. The van der Waals surface area contributed by atoms with Crippen molar-refractivity contribution in [3.63, 3.8) is 0 Å². The molecule has 3 atom stereocenters. The molecule has 34 heteroatoms. The van der Waals surface area contributed by atoms with Crippen molar-refractivity contribution in [3.05, 3.63) is 0 Å². The van der Waals surface area contributed by atoms with Gasteiger partial charge in [0.1, 0.15) is 61.1 Å². The molecule has 0 amide bonds. The quantitative estimate of drug-likeness (QED) is 0.281. The van der Waals surface area contributed by atoms with Gasteiger partial charge in [-0.25, -0.2) is 0 Å². The van der Waals surface area contributed by atoms with Gasteiger partial charge in [-0.15, -0.1) is 0 Å². The largest absolute Gasteiger partial charge is 0.355 e. The minimum Gasteiger partial charge on any atom is -0.355 e. The van der Waals surface area contributed by atoms with Gasteiger partial charge in [0, 0.05) is 31.6 Å². The van der Waals surface area contributed by atoms with E-state index in [0.29, 0.717) is 190 Å². The smallest absolute Gasteiger partial charge is 0.170 e. The second-order valence-corrected chi connectivity index (χ2v) is 24.5. The van der Waals surface area contributed by atoms with Crippen LogP contribution < -0.4 is 0 Å². The molecule has 0 bridgehead atoms. The summed E-state index contributed by atoms with van der Waals surface area (Å²) in [6.45, 7) is 36.4. The molecular formula is C69H122N4O30. The summed E-state index contributed by atoms with van der Waals surface area (Å²) in [6.07, 6.45) is 8.45. The second kappa shape index (κ2) is 65.8. The summed E-state index contributed by atoms with van der Waals surface area (Å²) in [4.78, 5) is 0. The van der Waals surface area contributed by atoms with E-state index in [2.05, 4.69) is 19.9 Å². The molecule has 0 aromatic rings. The van der Waals surface area contributed by atoms with Gasteiger partial charge in [-0.3, -0.25) is 0 Å². The summed E-state index contributed by atoms with van der Waals surface area (Å²) < 4.78 is 151. The number of nitrogens with zero attached hydrogens (tertiary/aromatic N) is 4. The molecule has 103 heavy (non-hydrogen) atoms. The van der Waals surface area contributed by atoms with E-state index in [1.807, 2.05) is 45.9 Å². The molecule has 3 unspecified atom stereocenters. The predicted octanol–water partition coefficient (Wildman–Crippen LogP) is 6.30. The molecule has 15 heterocycles. The second-order valence-electron chi connectivity index (χ2n) is 24.5. The summed E-state index contributed by atoms with van der Waals surface area (Å²) in [5.74, 6) is 0.591. The van der Waals surface area contributed by atoms with Crippen molar-refractivity contribution in [2.75, 3.05) is 240 Å². The van der Waals surface area contributed by atoms with Gasteiger partial charge in [-0.2, -0.15) is 21.0 Å². The maximum Gasteiger partial charge on any atom is 0.170 e. The van der Waals surface area contributed by atoms with Crippen LogP contribution >= 0.6 is 0 Å². The molecule has 15 rings (SSSR count). The van der Waals surface area contributed by atoms with Crippen molar-refractivity contribution < 1.29 is 142 Å². The molecule has 15 aliphatic heterocycles. The Morgan fingerprint density at radius 2 is 0.612 bits per heavy atom. The van der Waals surface area contributed by atoms with Crippen LogP contribution in [0.5, 0.6) is 0 Å². The zero-order valence-electron chi connectivity index (χ0n) is 62.0. The van der Waals surface area contributed by atoms with Crippen molar-refractivity contribution in [1.29, 1.82) is 21.0 Å². The minimum absolute atomic E-state index is 0.0312. The Morgan fingerprint density at radius 1 is 0.282 bits per heavy atom. The van der Waals surface area contributed by atoms with Gasteiger partial charge in [0.15, 0.2) is 37.7 Å². The Balaban J connectivity index is 0.000000292. The first kappa shape index (κ1) is 94.0. The van der Waals surface area contributed by atoms with Gasteiger partial charge in [0.05, 0.1) is 245 Å². The molecule has 15 aliphatic rings. The van der Waals surface area contributed by atoms with Crippen LogP contribution in [0, 0.1) is 62.1 Å². The first-order valence-corrected chi connectivity index (χ1v) is 35.8. The Labute approximate surface area is 610 Å². The lowest BCUT2D eigenvalue weighted by molar-refractivity contribution is -0.271. The maximum absolute atomic E-state index is 8.24. The Kier molecular flexibility index (Phi) is 60.0. The normalized spacial score (nSPS) is 26.3. The van der Waals surface area contributed by atoms with E-state index in [1.54, 1.807) is 0 Å². The number of hydrogen-bond acceptors (Lipinski definition) is 34. The summed E-state index contributed by atoms with van der Waals surface area (Å²) in [6, 6.07) is 8.04. The van der Waals surface area contributed by atoms with E-state index in [0.717, 1.165) is 138 Å². The van der Waals surface area contributed by atoms with Crippen LogP contribution in [-0.2, 0) is 142 Å². The highest BCUT2D eigenvalue weighted by Crippen LogP contribution is 2.32. The molecule has 0 saturated carbocycles. The van der Waals surface area contributed by atoms with Crippen LogP contribution in [0.2, 0.25) is 0 Å². The summed E-state index contributed by atoms with van der Waals surface area (Å²) in [7, 11) is 0. The van der Waals surface area contributed by atoms with Crippen LogP contribution in [0.1, 0.15) is 112 Å². The zero-order valence-corrected chi connectivity index (χ0v) is 62.0. The monoisotopic (exact) mass is 1490 g/mol. The van der Waals surface area contributed by atoms with Crippen molar-refractivity contribution in [1.82, 2.24) is 0 Å². The molecule has 34 nitrogen and oxygen atoms in total. The molecule has 2 spiro atoms. The van der Waals surface area contributed by atoms with Gasteiger partial charge in [-0.1, -0.05) is 6.92 Å². The first-order chi connectivity index (χ1) is 50.4. The van der Waals surface area contributed by atoms with Crippen LogP contribution in [0.3, 0.4) is 0 Å². The van der Waals surface area contributed by atoms with Gasteiger partial charge < -0.3 is 142 Å². The standard InChI is InChI=1S/C8H14O4.C7H11NO2.C7H12O4.2C6H9NO2.C5H7NO2.3C5H10O2.3C4H8O2.C3H6O2/c1-7-8(4-11-6-12-7)2-9-5-10-3-8;8-4-1-3-7-9-5-2-6-10-7;1-7(2-9-5-8-1)3-10-6-11-4-7;7-3-2-6-8-4-1-5-9-6;7-3-1-2-6-8-4-5-9-6;6-2-1-5-7-3-4-8-5;1-5-2-6-4-7-3-5;1-5-2-3-6-4-7-5;1-5-6-3-2-4-7-5;1-4-2-5-3-6-4;1-4-5-2-3-6-4;1-2-5-4-6-3-1;1-2-5-3-4-1/h7H,2-6H2,1H3;7H,1-3,5-6H2;1-6H2;2*6H,1-2,4-5H2;5H,1,3-4H2;3*5H,2-4H2,1H3;2*4H,2-3H2,1H3;1-4H2;1-3H2. The fourth-order valence-corrected chi connectivity index (χ4v) is 9.37. The Bertz CT molecular complexity index is 1940. The van der Waals surface area contributed by atoms with Gasteiger partial charge in [-0.05, 0) is 66.7 Å². The predicted molar refractivity (Wildman–Crippen MR) is 357 cm³/mol. The summed E-state index contributed by atoms with van der Waals surface area (Å²) in [5, 5.41) is 32.7. The van der Waals surface area contributed by atoms with E-state index >= 15 is 0 Å². The first-order valence-electron chi connectivity index (χ1n) is 35.8. The van der Waals surface area contributed by atoms with Crippen LogP contribution in [0.15, 0.2) is 0 Å². The lowest BCUT2D eigenvalue weighted by atomic mass is 9.84. The number of nitriles is 4. The SMILES string of the molecule is C1COCO1.C1COCOC1.C1OCC2(CO1)COCOC2.CC1CCOCO1.CC1COCO1.CC1COCOC1.CC1OCCCO1.CC1OCCO1.CC1OCOCC12COCOC2.N#CCC1OCCCO1.N#CCC1OCCO1.N#CCCC1OCCCO1.N#CCCC1OCCO1. The third-order valence-electron chi connectivity index (χ3n) is 15.2. The van der Waals surface area contributed by atoms with E-state index in [1.165, 1.54) is 0 Å². The number of hydrogen-bond donors (Lipinski definition) is 0. The number of ether oxygens (including phenoxy) is 30. The third-order valence-corrected chi connectivity index (χ3v) is 15.2. The summed E-state index contributed by atoms with van der Waals surface area (Å²) >= 11 is 0. The lowest BCUT2D eigenvalue weighted by Crippen LogP contribution is -2.52. The molecule has 0 N–H and O–H groups in total.